The summed E-state index contributed by atoms with van der Waals surface area (Å²) in [5, 5.41) is 11.3. The van der Waals surface area contributed by atoms with Crippen molar-refractivity contribution in [3.8, 4) is 11.5 Å². The maximum absolute atomic E-state index is 12.5. The predicted octanol–water partition coefficient (Wildman–Crippen LogP) is 4.66. The van der Waals surface area contributed by atoms with Gasteiger partial charge in [0.25, 0.3) is 5.69 Å². The Morgan fingerprint density at radius 1 is 1.32 bits per heavy atom. The number of nitro benzene ring substituents is 1. The Balaban J connectivity index is 2.26. The van der Waals surface area contributed by atoms with Crippen LogP contribution in [-0.4, -0.2) is 30.6 Å². The molecule has 1 aromatic heterocycles. The lowest BCUT2D eigenvalue weighted by molar-refractivity contribution is -0.385. The molecule has 0 aliphatic rings. The Morgan fingerprint density at radius 2 is 2.04 bits per heavy atom. The summed E-state index contributed by atoms with van der Waals surface area (Å²) in [4.78, 5) is 13.6. The van der Waals surface area contributed by atoms with Crippen LogP contribution in [0.25, 0.3) is 0 Å². The third kappa shape index (κ3) is 5.35. The van der Waals surface area contributed by atoms with Gasteiger partial charge in [-0.25, -0.2) is 0 Å². The van der Waals surface area contributed by atoms with E-state index in [1.54, 1.807) is 11.3 Å². The van der Waals surface area contributed by atoms with Crippen LogP contribution >= 0.6 is 27.3 Å². The number of hydrogen-bond acceptors (Lipinski definition) is 6. The average molecular weight is 437 g/mol. The van der Waals surface area contributed by atoms with E-state index in [0.717, 1.165) is 14.7 Å². The molecule has 10 heteroatoms. The summed E-state index contributed by atoms with van der Waals surface area (Å²) >= 11 is 4.95. The lowest BCUT2D eigenvalue weighted by Gasteiger charge is -2.17. The molecule has 0 radical (unpaired) electrons. The van der Waals surface area contributed by atoms with Crippen molar-refractivity contribution in [3.05, 3.63) is 48.6 Å². The fourth-order valence-corrected chi connectivity index (χ4v) is 3.85. The zero-order chi connectivity index (χ0) is 18.6. The molecule has 2 aromatic rings. The van der Waals surface area contributed by atoms with E-state index in [0.29, 0.717) is 12.1 Å². The van der Waals surface area contributed by atoms with Gasteiger partial charge in [0.2, 0.25) is 0 Å². The zero-order valence-corrected chi connectivity index (χ0v) is 15.8. The summed E-state index contributed by atoms with van der Waals surface area (Å²) in [6, 6.07) is 6.21. The molecule has 1 heterocycles. The van der Waals surface area contributed by atoms with Crippen molar-refractivity contribution >= 4 is 33.0 Å². The second-order valence-electron chi connectivity index (χ2n) is 5.15. The molecule has 0 amide bonds. The minimum atomic E-state index is -3.10. The molecule has 0 saturated carbocycles. The first-order valence-electron chi connectivity index (χ1n) is 7.03. The maximum atomic E-state index is 12.5. The summed E-state index contributed by atoms with van der Waals surface area (Å²) in [5.74, 6) is -0.342. The molecule has 2 rings (SSSR count). The van der Waals surface area contributed by atoms with Crippen molar-refractivity contribution in [1.29, 1.82) is 0 Å². The highest BCUT2D eigenvalue weighted by Gasteiger charge is 2.22. The number of nitro groups is 1. The van der Waals surface area contributed by atoms with Gasteiger partial charge in [-0.2, -0.15) is 8.78 Å². The monoisotopic (exact) mass is 436 g/mol. The normalized spacial score (nSPS) is 11.2. The van der Waals surface area contributed by atoms with Gasteiger partial charge in [-0.15, -0.1) is 11.3 Å². The van der Waals surface area contributed by atoms with Crippen LogP contribution < -0.4 is 9.47 Å². The molecule has 136 valence electrons. The van der Waals surface area contributed by atoms with Crippen LogP contribution in [0.15, 0.2) is 28.1 Å². The summed E-state index contributed by atoms with van der Waals surface area (Å²) in [6.07, 6.45) is 0. The van der Waals surface area contributed by atoms with E-state index in [1.807, 2.05) is 24.1 Å². The second kappa shape index (κ2) is 8.54. The van der Waals surface area contributed by atoms with E-state index in [9.17, 15) is 18.9 Å². The van der Waals surface area contributed by atoms with Gasteiger partial charge in [0.15, 0.2) is 11.5 Å². The minimum absolute atomic E-state index is 0.0215. The third-order valence-corrected chi connectivity index (χ3v) is 4.88. The van der Waals surface area contributed by atoms with Gasteiger partial charge in [0.05, 0.1) is 21.9 Å². The van der Waals surface area contributed by atoms with Gasteiger partial charge in [0, 0.05) is 23.5 Å². The molecule has 25 heavy (non-hydrogen) atoms. The van der Waals surface area contributed by atoms with Crippen molar-refractivity contribution in [3.63, 3.8) is 0 Å². The van der Waals surface area contributed by atoms with Crippen LogP contribution in [-0.2, 0) is 13.1 Å². The first kappa shape index (κ1) is 19.5. The summed E-state index contributed by atoms with van der Waals surface area (Å²) in [5.41, 5.74) is 0.0530. The van der Waals surface area contributed by atoms with Gasteiger partial charge >= 0.3 is 6.61 Å². The molecule has 1 aromatic carbocycles. The van der Waals surface area contributed by atoms with Crippen molar-refractivity contribution in [2.45, 2.75) is 19.7 Å². The summed E-state index contributed by atoms with van der Waals surface area (Å²) in [6.45, 7) is -2.26. The topological polar surface area (TPSA) is 64.8 Å². The van der Waals surface area contributed by atoms with Crippen molar-refractivity contribution in [2.75, 3.05) is 14.2 Å². The van der Waals surface area contributed by atoms with Crippen LogP contribution in [0.4, 0.5) is 14.5 Å². The number of ether oxygens (including phenoxy) is 2. The van der Waals surface area contributed by atoms with Crippen molar-refractivity contribution in [2.24, 2.45) is 0 Å². The van der Waals surface area contributed by atoms with Gasteiger partial charge in [-0.05, 0) is 41.2 Å². The highest BCUT2D eigenvalue weighted by molar-refractivity contribution is 9.11. The molecular weight excluding hydrogens is 422 g/mol. The van der Waals surface area contributed by atoms with Gasteiger partial charge in [0.1, 0.15) is 0 Å². The Morgan fingerprint density at radius 3 is 2.56 bits per heavy atom. The molecule has 0 fully saturated rings. The van der Waals surface area contributed by atoms with Crippen molar-refractivity contribution < 1.29 is 23.2 Å². The molecule has 0 atom stereocenters. The number of rotatable bonds is 8. The van der Waals surface area contributed by atoms with E-state index in [-0.39, 0.29) is 23.7 Å². The Kier molecular flexibility index (Phi) is 6.68. The quantitative estimate of drug-likeness (QED) is 0.444. The molecule has 0 aliphatic carbocycles. The molecule has 6 nitrogen and oxygen atoms in total. The van der Waals surface area contributed by atoms with Crippen LogP contribution in [0.1, 0.15) is 10.4 Å². The smallest absolute Gasteiger partial charge is 0.387 e. The third-order valence-electron chi connectivity index (χ3n) is 3.27. The van der Waals surface area contributed by atoms with E-state index in [2.05, 4.69) is 20.7 Å². The lowest BCUT2D eigenvalue weighted by Crippen LogP contribution is -2.17. The van der Waals surface area contributed by atoms with Crippen LogP contribution in [0.3, 0.4) is 0 Å². The second-order valence-corrected chi connectivity index (χ2v) is 7.69. The number of alkyl halides is 2. The van der Waals surface area contributed by atoms with Gasteiger partial charge in [-0.1, -0.05) is 0 Å². The minimum Gasteiger partial charge on any atom is -0.493 e. The molecule has 0 aliphatic heterocycles. The number of methoxy groups -OCH3 is 1. The van der Waals surface area contributed by atoms with Gasteiger partial charge in [-0.3, -0.25) is 15.0 Å². The van der Waals surface area contributed by atoms with E-state index in [1.165, 1.54) is 13.2 Å². The highest BCUT2D eigenvalue weighted by Crippen LogP contribution is 2.36. The van der Waals surface area contributed by atoms with E-state index >= 15 is 0 Å². The number of thiophene rings is 1. The Bertz CT molecular complexity index is 757. The standard InChI is InChI=1S/C15H15BrF2N2O4S/c1-19(8-10-3-4-14(16)25-10)7-9-5-12(23-2)13(24-15(17)18)6-11(9)20(21)22/h3-6,15H,7-8H2,1-2H3. The largest absolute Gasteiger partial charge is 0.493 e. The van der Waals surface area contributed by atoms with E-state index in [4.69, 9.17) is 4.74 Å². The first-order valence-corrected chi connectivity index (χ1v) is 8.64. The maximum Gasteiger partial charge on any atom is 0.387 e. The number of hydrogen-bond donors (Lipinski definition) is 0. The molecule has 0 unspecified atom stereocenters. The molecule has 0 saturated heterocycles. The summed E-state index contributed by atoms with van der Waals surface area (Å²) in [7, 11) is 3.10. The van der Waals surface area contributed by atoms with Crippen LogP contribution in [0, 0.1) is 10.1 Å². The molecule has 0 spiro atoms. The summed E-state index contributed by atoms with van der Waals surface area (Å²) < 4.78 is 35.3. The van der Waals surface area contributed by atoms with Crippen LogP contribution in [0.5, 0.6) is 11.5 Å². The number of halogens is 3. The first-order chi connectivity index (χ1) is 11.8. The Labute approximate surface area is 155 Å². The number of nitrogens with zero attached hydrogens (tertiary/aromatic N) is 2. The predicted molar refractivity (Wildman–Crippen MR) is 93.5 cm³/mol. The molecule has 0 N–H and O–H groups in total. The lowest BCUT2D eigenvalue weighted by atomic mass is 10.1. The SMILES string of the molecule is COc1cc(CN(C)Cc2ccc(Br)s2)c([N+](=O)[O-])cc1OC(F)F. The fraction of sp³-hybridized carbons (Fsp3) is 0.333. The highest BCUT2D eigenvalue weighted by atomic mass is 79.9. The van der Waals surface area contributed by atoms with Crippen molar-refractivity contribution in [1.82, 2.24) is 4.90 Å². The molecular formula is C15H15BrF2N2O4S. The van der Waals surface area contributed by atoms with E-state index < -0.39 is 11.5 Å². The average Bonchev–Trinajstić information content (AvgIpc) is 2.92. The van der Waals surface area contributed by atoms with Gasteiger partial charge < -0.3 is 9.47 Å². The fourth-order valence-electron chi connectivity index (χ4n) is 2.28. The number of benzene rings is 1. The zero-order valence-electron chi connectivity index (χ0n) is 13.4. The Hall–Kier alpha value is -1.78. The van der Waals surface area contributed by atoms with Crippen LogP contribution in [0.2, 0.25) is 0 Å². The molecule has 0 bridgehead atoms.